The van der Waals surface area contributed by atoms with Crippen LogP contribution in [0.25, 0.3) is 22.3 Å². The molecule has 3 N–H and O–H groups in total. The van der Waals surface area contributed by atoms with Crippen LogP contribution in [0.15, 0.2) is 90.1 Å². The molecule has 11 nitrogen and oxygen atoms in total. The standard InChI is InChI=1S/C41H42Cl3N3O8S/c1-41(2,40(49)50)15-14-28-21-35(42)39(47-38(28)54-24-26-20-31(23-46-22-26)56(3,51)52)55-25-29-6-4-8-33(36(29)43)34-9-5-7-32(37(34)44)27-10-12-30(13-11-27)53-19-17-45-16-18-48/h4-13,20-23,45,48H,14-19,24-25H2,1-3H3,(H,49,50). The molecule has 2 aromatic heterocycles. The van der Waals surface area contributed by atoms with Crippen molar-refractivity contribution in [2.75, 3.05) is 32.6 Å². The number of nitrogens with zero attached hydrogens (tertiary/aromatic N) is 2. The number of carboxylic acids is 1. The van der Waals surface area contributed by atoms with Gasteiger partial charge >= 0.3 is 5.97 Å². The molecule has 0 unspecified atom stereocenters. The van der Waals surface area contributed by atoms with Gasteiger partial charge in [0.25, 0.3) is 0 Å². The SMILES string of the molecule is CC(C)(CCc1cc(Cl)c(OCc2cccc(-c3cccc(-c4ccc(OCCNCCO)cc4)c3Cl)c2Cl)nc1OCc1cncc(S(C)(=O)=O)c1)C(=O)O. The third-order valence-corrected chi connectivity index (χ3v) is 11.1. The number of aryl methyl sites for hydroxylation is 1. The van der Waals surface area contributed by atoms with Gasteiger partial charge in [0, 0.05) is 65.1 Å². The number of halogens is 3. The van der Waals surface area contributed by atoms with Crippen LogP contribution < -0.4 is 19.5 Å². The van der Waals surface area contributed by atoms with Gasteiger partial charge in [-0.1, -0.05) is 83.3 Å². The molecule has 0 aliphatic carbocycles. The molecule has 5 rings (SSSR count). The van der Waals surface area contributed by atoms with Crippen LogP contribution in [0.2, 0.25) is 15.1 Å². The highest BCUT2D eigenvalue weighted by Gasteiger charge is 2.28. The van der Waals surface area contributed by atoms with E-state index in [4.69, 9.17) is 54.1 Å². The summed E-state index contributed by atoms with van der Waals surface area (Å²) >= 11 is 20.7. The molecule has 296 valence electrons. The van der Waals surface area contributed by atoms with Crippen LogP contribution in [0.5, 0.6) is 17.5 Å². The first kappa shape index (κ1) is 42.7. The zero-order chi connectivity index (χ0) is 40.5. The molecule has 0 atom stereocenters. The predicted octanol–water partition coefficient (Wildman–Crippen LogP) is 8.34. The highest BCUT2D eigenvalue weighted by molar-refractivity contribution is 7.90. The number of hydrogen-bond acceptors (Lipinski definition) is 10. The lowest BCUT2D eigenvalue weighted by Crippen LogP contribution is -2.24. The number of aliphatic carboxylic acids is 1. The van der Waals surface area contributed by atoms with E-state index in [1.54, 1.807) is 19.9 Å². The van der Waals surface area contributed by atoms with E-state index < -0.39 is 21.2 Å². The molecular weight excluding hydrogens is 801 g/mol. The summed E-state index contributed by atoms with van der Waals surface area (Å²) in [6.45, 7) is 4.83. The third-order valence-electron chi connectivity index (χ3n) is 8.89. The number of ether oxygens (including phenoxy) is 3. The molecule has 0 aliphatic heterocycles. The summed E-state index contributed by atoms with van der Waals surface area (Å²) in [6, 6.07) is 22.0. The third kappa shape index (κ3) is 11.1. The molecule has 2 heterocycles. The number of aliphatic hydroxyl groups is 1. The minimum absolute atomic E-state index is 0.0150. The van der Waals surface area contributed by atoms with Crippen LogP contribution in [0.3, 0.4) is 0 Å². The topological polar surface area (TPSA) is 157 Å². The summed E-state index contributed by atoms with van der Waals surface area (Å²) in [5.74, 6) is -0.0338. The lowest BCUT2D eigenvalue weighted by molar-refractivity contribution is -0.147. The maximum absolute atomic E-state index is 12.1. The minimum atomic E-state index is -3.50. The summed E-state index contributed by atoms with van der Waals surface area (Å²) < 4.78 is 42.2. The average molecular weight is 843 g/mol. The van der Waals surface area contributed by atoms with E-state index in [1.165, 1.54) is 18.5 Å². The number of sulfone groups is 1. The summed E-state index contributed by atoms with van der Waals surface area (Å²) in [6.07, 6.45) is 4.38. The first-order valence-electron chi connectivity index (χ1n) is 17.6. The van der Waals surface area contributed by atoms with Gasteiger partial charge in [-0.2, -0.15) is 4.98 Å². The molecule has 56 heavy (non-hydrogen) atoms. The Hall–Kier alpha value is -4.43. The monoisotopic (exact) mass is 841 g/mol. The molecule has 0 amide bonds. The Morgan fingerprint density at radius 3 is 2.20 bits per heavy atom. The van der Waals surface area contributed by atoms with Gasteiger partial charge in [-0.05, 0) is 56.5 Å². The first-order valence-corrected chi connectivity index (χ1v) is 20.6. The normalized spacial score (nSPS) is 11.7. The van der Waals surface area contributed by atoms with Crippen molar-refractivity contribution >= 4 is 50.6 Å². The fourth-order valence-electron chi connectivity index (χ4n) is 5.53. The van der Waals surface area contributed by atoms with Crippen LogP contribution in [0, 0.1) is 5.41 Å². The van der Waals surface area contributed by atoms with Crippen LogP contribution in [-0.4, -0.2) is 67.1 Å². The second-order valence-electron chi connectivity index (χ2n) is 13.6. The number of aliphatic hydroxyl groups excluding tert-OH is 1. The molecule has 0 saturated carbocycles. The summed E-state index contributed by atoms with van der Waals surface area (Å²) in [7, 11) is -3.50. The van der Waals surface area contributed by atoms with E-state index in [2.05, 4.69) is 15.3 Å². The Morgan fingerprint density at radius 2 is 1.50 bits per heavy atom. The molecule has 5 aromatic rings. The number of pyridine rings is 2. The number of hydrogen-bond donors (Lipinski definition) is 3. The van der Waals surface area contributed by atoms with Gasteiger partial charge < -0.3 is 29.7 Å². The summed E-state index contributed by atoms with van der Waals surface area (Å²) in [4.78, 5) is 20.5. The fraction of sp³-hybridized carbons (Fsp3) is 0.293. The van der Waals surface area contributed by atoms with Gasteiger partial charge in [-0.3, -0.25) is 9.78 Å². The summed E-state index contributed by atoms with van der Waals surface area (Å²) in [5, 5.41) is 22.8. The van der Waals surface area contributed by atoms with Crippen LogP contribution in [0.4, 0.5) is 0 Å². The number of carboxylic acid groups (broad SMARTS) is 1. The first-order chi connectivity index (χ1) is 26.7. The highest BCUT2D eigenvalue weighted by Crippen LogP contribution is 2.41. The maximum atomic E-state index is 12.1. The second-order valence-corrected chi connectivity index (χ2v) is 16.8. The smallest absolute Gasteiger partial charge is 0.309 e. The second kappa shape index (κ2) is 19.1. The highest BCUT2D eigenvalue weighted by atomic mass is 35.5. The Balaban J connectivity index is 1.36. The molecule has 0 saturated heterocycles. The van der Waals surface area contributed by atoms with Crippen LogP contribution >= 0.6 is 34.8 Å². The fourth-order valence-corrected chi connectivity index (χ4v) is 7.00. The molecule has 0 radical (unpaired) electrons. The van der Waals surface area contributed by atoms with Crippen LogP contribution in [0.1, 0.15) is 37.0 Å². The van der Waals surface area contributed by atoms with Gasteiger partial charge in [0.2, 0.25) is 11.8 Å². The molecule has 15 heteroatoms. The number of rotatable bonds is 19. The Bertz CT molecular complexity index is 2270. The Kier molecular flexibility index (Phi) is 14.6. The molecule has 3 aromatic carbocycles. The van der Waals surface area contributed by atoms with Crippen molar-refractivity contribution in [3.8, 4) is 39.8 Å². The molecular formula is C41H42Cl3N3O8S. The Morgan fingerprint density at radius 1 is 0.821 bits per heavy atom. The number of aromatic nitrogens is 2. The molecule has 0 bridgehead atoms. The van der Waals surface area contributed by atoms with E-state index in [-0.39, 0.29) is 54.3 Å². The van der Waals surface area contributed by atoms with Crippen molar-refractivity contribution in [1.82, 2.24) is 15.3 Å². The van der Waals surface area contributed by atoms with Gasteiger partial charge in [-0.25, -0.2) is 8.42 Å². The minimum Gasteiger partial charge on any atom is -0.492 e. The van der Waals surface area contributed by atoms with E-state index in [0.29, 0.717) is 57.7 Å². The van der Waals surface area contributed by atoms with Gasteiger partial charge in [0.15, 0.2) is 9.84 Å². The number of benzene rings is 3. The zero-order valence-electron chi connectivity index (χ0n) is 31.0. The van der Waals surface area contributed by atoms with E-state index in [9.17, 15) is 18.3 Å². The Labute approximate surface area is 341 Å². The summed E-state index contributed by atoms with van der Waals surface area (Å²) in [5.41, 5.74) is 3.76. The van der Waals surface area contributed by atoms with Crippen molar-refractivity contribution in [2.45, 2.75) is 44.8 Å². The van der Waals surface area contributed by atoms with Crippen molar-refractivity contribution < 1.29 is 37.6 Å². The van der Waals surface area contributed by atoms with Gasteiger partial charge in [-0.15, -0.1) is 0 Å². The van der Waals surface area contributed by atoms with Crippen molar-refractivity contribution in [2.24, 2.45) is 5.41 Å². The van der Waals surface area contributed by atoms with Crippen LogP contribution in [-0.2, 0) is 34.3 Å². The van der Waals surface area contributed by atoms with Gasteiger partial charge in [0.05, 0.1) is 27.0 Å². The molecule has 0 aliphatic rings. The molecule has 0 spiro atoms. The van der Waals surface area contributed by atoms with Crippen molar-refractivity contribution in [1.29, 1.82) is 0 Å². The van der Waals surface area contributed by atoms with E-state index in [0.717, 1.165) is 22.9 Å². The zero-order valence-corrected chi connectivity index (χ0v) is 34.1. The van der Waals surface area contributed by atoms with Gasteiger partial charge in [0.1, 0.15) is 30.6 Å². The van der Waals surface area contributed by atoms with E-state index >= 15 is 0 Å². The predicted molar refractivity (Wildman–Crippen MR) is 218 cm³/mol. The van der Waals surface area contributed by atoms with Crippen molar-refractivity contribution in [3.05, 3.63) is 117 Å². The number of carbonyl (C=O) groups is 1. The quantitative estimate of drug-likeness (QED) is 0.0687. The van der Waals surface area contributed by atoms with Crippen molar-refractivity contribution in [3.63, 3.8) is 0 Å². The largest absolute Gasteiger partial charge is 0.492 e. The van der Waals surface area contributed by atoms with E-state index in [1.807, 2.05) is 60.7 Å². The maximum Gasteiger partial charge on any atom is 0.309 e. The molecule has 0 fully saturated rings. The lowest BCUT2D eigenvalue weighted by Gasteiger charge is -2.20. The number of nitrogens with one attached hydrogen (secondary N) is 1. The average Bonchev–Trinajstić information content (AvgIpc) is 3.17. The lowest BCUT2D eigenvalue weighted by atomic mass is 9.86.